The van der Waals surface area contributed by atoms with Crippen molar-refractivity contribution in [3.63, 3.8) is 0 Å². The minimum atomic E-state index is -0.506. The molecule has 0 aromatic heterocycles. The predicted octanol–water partition coefficient (Wildman–Crippen LogP) is 3.43. The average molecular weight is 289 g/mol. The number of carbonyl (C=O) groups excluding carboxylic acids is 1. The lowest BCUT2D eigenvalue weighted by atomic mass is 10.1. The van der Waals surface area contributed by atoms with Gasteiger partial charge >= 0.3 is 6.09 Å². The Bertz CT molecular complexity index is 538. The van der Waals surface area contributed by atoms with Gasteiger partial charge in [0, 0.05) is 13.6 Å². The number of nitrogens with zero attached hydrogens (tertiary/aromatic N) is 1. The lowest BCUT2D eigenvalue weighted by Gasteiger charge is -2.24. The Kier molecular flexibility index (Phi) is 5.66. The second-order valence-corrected chi connectivity index (χ2v) is 5.74. The summed E-state index contributed by atoms with van der Waals surface area (Å²) in [4.78, 5) is 13.4. The van der Waals surface area contributed by atoms with Crippen LogP contribution in [0, 0.1) is 12.3 Å². The van der Waals surface area contributed by atoms with Crippen LogP contribution in [-0.2, 0) is 11.3 Å². The molecule has 0 fully saturated rings. The molecule has 1 amide bonds. The van der Waals surface area contributed by atoms with Crippen LogP contribution in [0.1, 0.15) is 38.8 Å². The van der Waals surface area contributed by atoms with E-state index in [4.69, 9.17) is 15.9 Å². The molecule has 0 aliphatic heterocycles. The van der Waals surface area contributed by atoms with Crippen molar-refractivity contribution in [1.82, 2.24) is 4.90 Å². The van der Waals surface area contributed by atoms with E-state index in [1.807, 2.05) is 45.9 Å². The minimum absolute atomic E-state index is 0.362. The molecule has 0 saturated heterocycles. The average Bonchev–Trinajstić information content (AvgIpc) is 2.38. The zero-order valence-electron chi connectivity index (χ0n) is 13.4. The van der Waals surface area contributed by atoms with Crippen LogP contribution in [0.3, 0.4) is 0 Å². The fourth-order valence-corrected chi connectivity index (χ4v) is 1.75. The molecule has 4 nitrogen and oxygen atoms in total. The van der Waals surface area contributed by atoms with E-state index < -0.39 is 5.60 Å². The molecule has 21 heavy (non-hydrogen) atoms. The predicted molar refractivity (Wildman–Crippen MR) is 83.2 cm³/mol. The summed E-state index contributed by atoms with van der Waals surface area (Å²) in [7, 11) is 1.69. The van der Waals surface area contributed by atoms with Gasteiger partial charge in [-0.25, -0.2) is 4.79 Å². The maximum atomic E-state index is 11.9. The van der Waals surface area contributed by atoms with Gasteiger partial charge in [0.1, 0.15) is 11.4 Å². The van der Waals surface area contributed by atoms with Gasteiger partial charge in [-0.2, -0.15) is 0 Å². The third-order valence-corrected chi connectivity index (χ3v) is 2.62. The molecule has 1 aromatic carbocycles. The van der Waals surface area contributed by atoms with Crippen LogP contribution in [0.25, 0.3) is 0 Å². The van der Waals surface area contributed by atoms with Gasteiger partial charge in [-0.05, 0) is 45.4 Å². The van der Waals surface area contributed by atoms with Crippen molar-refractivity contribution in [3.8, 4) is 18.1 Å². The maximum Gasteiger partial charge on any atom is 0.410 e. The smallest absolute Gasteiger partial charge is 0.410 e. The van der Waals surface area contributed by atoms with Crippen LogP contribution in [0.5, 0.6) is 5.75 Å². The molecular weight excluding hydrogens is 266 g/mol. The Morgan fingerprint density at radius 3 is 2.57 bits per heavy atom. The Balaban J connectivity index is 2.79. The topological polar surface area (TPSA) is 38.8 Å². The van der Waals surface area contributed by atoms with E-state index in [1.165, 1.54) is 4.90 Å². The van der Waals surface area contributed by atoms with Crippen molar-refractivity contribution in [1.29, 1.82) is 0 Å². The van der Waals surface area contributed by atoms with Gasteiger partial charge in [0.05, 0.1) is 12.2 Å². The van der Waals surface area contributed by atoms with Crippen molar-refractivity contribution in [2.75, 3.05) is 13.7 Å². The molecule has 0 saturated carbocycles. The third kappa shape index (κ3) is 5.39. The molecule has 4 heteroatoms. The summed E-state index contributed by atoms with van der Waals surface area (Å²) in [6, 6.07) is 5.58. The summed E-state index contributed by atoms with van der Waals surface area (Å²) in [6.07, 6.45) is 5.13. The highest BCUT2D eigenvalue weighted by Gasteiger charge is 2.19. The van der Waals surface area contributed by atoms with Crippen molar-refractivity contribution in [2.24, 2.45) is 0 Å². The summed E-state index contributed by atoms with van der Waals surface area (Å²) >= 11 is 0. The summed E-state index contributed by atoms with van der Waals surface area (Å²) in [5, 5.41) is 0. The van der Waals surface area contributed by atoms with E-state index in [0.29, 0.717) is 24.5 Å². The minimum Gasteiger partial charge on any atom is -0.493 e. The number of rotatable bonds is 4. The van der Waals surface area contributed by atoms with Crippen LogP contribution >= 0.6 is 0 Å². The quantitative estimate of drug-likeness (QED) is 0.797. The normalized spacial score (nSPS) is 10.7. The summed E-state index contributed by atoms with van der Waals surface area (Å²) in [5.74, 6) is 3.29. The highest BCUT2D eigenvalue weighted by atomic mass is 16.6. The van der Waals surface area contributed by atoms with Crippen LogP contribution in [0.2, 0.25) is 0 Å². The molecule has 0 aliphatic carbocycles. The van der Waals surface area contributed by atoms with Gasteiger partial charge < -0.3 is 14.4 Å². The lowest BCUT2D eigenvalue weighted by molar-refractivity contribution is 0.0285. The molecule has 0 bridgehead atoms. The fraction of sp³-hybridized carbons (Fsp3) is 0.471. The monoisotopic (exact) mass is 289 g/mol. The number of amides is 1. The van der Waals surface area contributed by atoms with Gasteiger partial charge in [0.15, 0.2) is 0 Å². The van der Waals surface area contributed by atoms with Crippen LogP contribution in [-0.4, -0.2) is 30.2 Å². The molecule has 0 N–H and O–H groups in total. The van der Waals surface area contributed by atoms with Crippen LogP contribution in [0.4, 0.5) is 4.79 Å². The molecule has 0 spiro atoms. The first-order chi connectivity index (χ1) is 9.76. The highest BCUT2D eigenvalue weighted by molar-refractivity contribution is 5.67. The Hall–Kier alpha value is -2.15. The van der Waals surface area contributed by atoms with Crippen LogP contribution < -0.4 is 4.74 Å². The van der Waals surface area contributed by atoms with E-state index in [0.717, 1.165) is 5.56 Å². The lowest BCUT2D eigenvalue weighted by Crippen LogP contribution is -2.33. The largest absolute Gasteiger partial charge is 0.493 e. The van der Waals surface area contributed by atoms with Crippen molar-refractivity contribution in [3.05, 3.63) is 29.3 Å². The van der Waals surface area contributed by atoms with Gasteiger partial charge in [-0.15, -0.1) is 6.42 Å². The SMILES string of the molecule is C#Cc1cc(CN(C)C(=O)OC(C)(C)C)ccc1OCC. The number of ether oxygens (including phenoxy) is 2. The molecule has 0 atom stereocenters. The van der Waals surface area contributed by atoms with Crippen LogP contribution in [0.15, 0.2) is 18.2 Å². The third-order valence-electron chi connectivity index (χ3n) is 2.62. The van der Waals surface area contributed by atoms with Gasteiger partial charge in [0.2, 0.25) is 0 Å². The van der Waals surface area contributed by atoms with Gasteiger partial charge in [0.25, 0.3) is 0 Å². The first kappa shape index (κ1) is 16.9. The van der Waals surface area contributed by atoms with Crippen molar-refractivity contribution < 1.29 is 14.3 Å². The van der Waals surface area contributed by atoms with Crippen molar-refractivity contribution in [2.45, 2.75) is 39.8 Å². The Labute approximate surface area is 127 Å². The first-order valence-corrected chi connectivity index (χ1v) is 6.93. The summed E-state index contributed by atoms with van der Waals surface area (Å²) in [5.41, 5.74) is 1.11. The maximum absolute atomic E-state index is 11.9. The number of hydrogen-bond acceptors (Lipinski definition) is 3. The fourth-order valence-electron chi connectivity index (χ4n) is 1.75. The zero-order chi connectivity index (χ0) is 16.0. The van der Waals surface area contributed by atoms with E-state index >= 15 is 0 Å². The van der Waals surface area contributed by atoms with E-state index in [2.05, 4.69) is 5.92 Å². The second-order valence-electron chi connectivity index (χ2n) is 5.74. The second kappa shape index (κ2) is 7.03. The standard InChI is InChI=1S/C17H23NO3/c1-7-14-11-13(9-10-15(14)20-8-2)12-18(6)16(19)21-17(3,4)5/h1,9-11H,8,12H2,2-6H3. The number of carbonyl (C=O) groups is 1. The number of terminal acetylenes is 1. The van der Waals surface area contributed by atoms with Crippen molar-refractivity contribution >= 4 is 6.09 Å². The highest BCUT2D eigenvalue weighted by Crippen LogP contribution is 2.20. The zero-order valence-corrected chi connectivity index (χ0v) is 13.4. The van der Waals surface area contributed by atoms with E-state index in [9.17, 15) is 4.79 Å². The Morgan fingerprint density at radius 2 is 2.05 bits per heavy atom. The summed E-state index contributed by atoms with van der Waals surface area (Å²) in [6.45, 7) is 8.41. The van der Waals surface area contributed by atoms with E-state index in [-0.39, 0.29) is 6.09 Å². The van der Waals surface area contributed by atoms with Gasteiger partial charge in [-0.1, -0.05) is 12.0 Å². The molecule has 0 radical (unpaired) electrons. The summed E-state index contributed by atoms with van der Waals surface area (Å²) < 4.78 is 10.8. The molecule has 1 rings (SSSR count). The molecule has 0 unspecified atom stereocenters. The Morgan fingerprint density at radius 1 is 1.38 bits per heavy atom. The number of benzene rings is 1. The molecular formula is C17H23NO3. The van der Waals surface area contributed by atoms with Gasteiger partial charge in [-0.3, -0.25) is 0 Å². The molecule has 1 aromatic rings. The molecule has 0 aliphatic rings. The number of hydrogen-bond donors (Lipinski definition) is 0. The molecule has 114 valence electrons. The molecule has 0 heterocycles. The van der Waals surface area contributed by atoms with E-state index in [1.54, 1.807) is 7.05 Å². The first-order valence-electron chi connectivity index (χ1n) is 6.93.